The zero-order valence-electron chi connectivity index (χ0n) is 14.2. The number of carbonyl (C=O) groups is 2. The van der Waals surface area contributed by atoms with Crippen LogP contribution in [0.25, 0.3) is 0 Å². The normalized spacial score (nSPS) is 13.1. The largest absolute Gasteiger partial charge is 0.506 e. The molecule has 1 aromatic carbocycles. The summed E-state index contributed by atoms with van der Waals surface area (Å²) >= 11 is 0. The number of rotatable bonds is 6. The van der Waals surface area contributed by atoms with Gasteiger partial charge in [-0.15, -0.1) is 0 Å². The van der Waals surface area contributed by atoms with Crippen molar-refractivity contribution in [2.24, 2.45) is 0 Å². The first-order valence-electron chi connectivity index (χ1n) is 8.08. The number of fused-ring (bicyclic) bond motifs is 1. The summed E-state index contributed by atoms with van der Waals surface area (Å²) in [6.45, 7) is 1.83. The number of hydrogen-bond acceptors (Lipinski definition) is 6. The number of amides is 2. The maximum atomic E-state index is 12.5. The third kappa shape index (κ3) is 4.41. The molecule has 1 aliphatic heterocycles. The Morgan fingerprint density at radius 3 is 2.77 bits per heavy atom. The lowest BCUT2D eigenvalue weighted by Crippen LogP contribution is -2.47. The lowest BCUT2D eigenvalue weighted by atomic mass is 10.1. The molecule has 3 rings (SSSR count). The van der Waals surface area contributed by atoms with Crippen LogP contribution in [0.2, 0.25) is 0 Å². The van der Waals surface area contributed by atoms with Crippen LogP contribution >= 0.6 is 0 Å². The van der Waals surface area contributed by atoms with Crippen molar-refractivity contribution in [3.63, 3.8) is 0 Å². The number of nitrogens with one attached hydrogen (secondary N) is 2. The van der Waals surface area contributed by atoms with E-state index in [0.717, 1.165) is 5.56 Å². The predicted molar refractivity (Wildman–Crippen MR) is 91.6 cm³/mol. The molecular weight excluding hydrogens is 338 g/mol. The molecule has 8 heteroatoms. The van der Waals surface area contributed by atoms with E-state index in [1.807, 2.05) is 6.07 Å². The van der Waals surface area contributed by atoms with E-state index in [-0.39, 0.29) is 37.3 Å². The third-order valence-corrected chi connectivity index (χ3v) is 3.82. The summed E-state index contributed by atoms with van der Waals surface area (Å²) < 4.78 is 10.6. The Bertz CT molecular complexity index is 807. The molecule has 1 atom stereocenters. The second-order valence-electron chi connectivity index (χ2n) is 5.87. The van der Waals surface area contributed by atoms with E-state index in [0.29, 0.717) is 17.2 Å². The first kappa shape index (κ1) is 17.5. The fourth-order valence-electron chi connectivity index (χ4n) is 2.56. The van der Waals surface area contributed by atoms with Gasteiger partial charge in [0.05, 0.1) is 6.20 Å². The Balaban J connectivity index is 1.63. The molecule has 0 spiro atoms. The highest BCUT2D eigenvalue weighted by Crippen LogP contribution is 2.32. The van der Waals surface area contributed by atoms with Crippen LogP contribution in [0.15, 0.2) is 36.5 Å². The van der Waals surface area contributed by atoms with E-state index in [2.05, 4.69) is 15.6 Å². The molecule has 0 saturated heterocycles. The second-order valence-corrected chi connectivity index (χ2v) is 5.87. The summed E-state index contributed by atoms with van der Waals surface area (Å²) in [6, 6.07) is 7.75. The van der Waals surface area contributed by atoms with Gasteiger partial charge in [-0.05, 0) is 29.8 Å². The van der Waals surface area contributed by atoms with Crippen LogP contribution in [0, 0.1) is 0 Å². The van der Waals surface area contributed by atoms with E-state index in [9.17, 15) is 14.7 Å². The SMILES string of the molecule is CC(=O)N[C@@H](Cc1ccc(O)cn1)C(=O)NCc1ccc2c(c1)OCO2. The Labute approximate surface area is 150 Å². The van der Waals surface area contributed by atoms with Crippen molar-refractivity contribution in [2.75, 3.05) is 6.79 Å². The maximum Gasteiger partial charge on any atom is 0.243 e. The standard InChI is InChI=1S/C18H19N3O5/c1-11(22)21-15(7-13-3-4-14(23)9-19-13)18(24)20-8-12-2-5-16-17(6-12)26-10-25-16/h2-6,9,15,23H,7-8,10H2,1H3,(H,20,24)(H,21,22)/t15-/m0/s1. The summed E-state index contributed by atoms with van der Waals surface area (Å²) in [7, 11) is 0. The fraction of sp³-hybridized carbons (Fsp3) is 0.278. The molecule has 1 aromatic heterocycles. The number of nitrogens with zero attached hydrogens (tertiary/aromatic N) is 1. The molecule has 0 fully saturated rings. The van der Waals surface area contributed by atoms with Crippen molar-refractivity contribution in [1.29, 1.82) is 0 Å². The molecule has 1 aliphatic rings. The summed E-state index contributed by atoms with van der Waals surface area (Å²) in [5, 5.41) is 14.7. The highest BCUT2D eigenvalue weighted by molar-refractivity contribution is 5.87. The van der Waals surface area contributed by atoms with Gasteiger partial charge in [0.2, 0.25) is 18.6 Å². The number of benzene rings is 1. The molecule has 2 aromatic rings. The third-order valence-electron chi connectivity index (χ3n) is 3.82. The maximum absolute atomic E-state index is 12.5. The van der Waals surface area contributed by atoms with E-state index in [1.54, 1.807) is 18.2 Å². The number of carbonyl (C=O) groups excluding carboxylic acids is 2. The Hall–Kier alpha value is -3.29. The number of aromatic hydroxyl groups is 1. The Morgan fingerprint density at radius 2 is 2.04 bits per heavy atom. The van der Waals surface area contributed by atoms with Gasteiger partial charge in [-0.25, -0.2) is 0 Å². The lowest BCUT2D eigenvalue weighted by molar-refractivity contribution is -0.128. The van der Waals surface area contributed by atoms with Gasteiger partial charge >= 0.3 is 0 Å². The first-order chi connectivity index (χ1) is 12.5. The van der Waals surface area contributed by atoms with E-state index < -0.39 is 6.04 Å². The average Bonchev–Trinajstić information content (AvgIpc) is 3.08. The van der Waals surface area contributed by atoms with Crippen molar-refractivity contribution in [3.05, 3.63) is 47.8 Å². The minimum absolute atomic E-state index is 0.0390. The van der Waals surface area contributed by atoms with Gasteiger partial charge in [-0.1, -0.05) is 6.07 Å². The summed E-state index contributed by atoms with van der Waals surface area (Å²) in [4.78, 5) is 28.0. The molecule has 26 heavy (non-hydrogen) atoms. The first-order valence-corrected chi connectivity index (χ1v) is 8.08. The number of hydrogen-bond donors (Lipinski definition) is 3. The highest BCUT2D eigenvalue weighted by atomic mass is 16.7. The van der Waals surface area contributed by atoms with E-state index in [4.69, 9.17) is 9.47 Å². The van der Waals surface area contributed by atoms with Gasteiger partial charge in [-0.3, -0.25) is 14.6 Å². The molecule has 0 aliphatic carbocycles. The average molecular weight is 357 g/mol. The molecule has 0 saturated carbocycles. The van der Waals surface area contributed by atoms with Crippen molar-refractivity contribution < 1.29 is 24.2 Å². The Morgan fingerprint density at radius 1 is 1.23 bits per heavy atom. The van der Waals surface area contributed by atoms with Crippen LogP contribution in [0.1, 0.15) is 18.2 Å². The molecule has 0 unspecified atom stereocenters. The topological polar surface area (TPSA) is 110 Å². The van der Waals surface area contributed by atoms with E-state index >= 15 is 0 Å². The lowest BCUT2D eigenvalue weighted by Gasteiger charge is -2.17. The molecular formula is C18H19N3O5. The van der Waals surface area contributed by atoms with Crippen molar-refractivity contribution in [1.82, 2.24) is 15.6 Å². The van der Waals surface area contributed by atoms with Gasteiger partial charge in [0.15, 0.2) is 11.5 Å². The molecule has 0 radical (unpaired) electrons. The summed E-state index contributed by atoms with van der Waals surface area (Å²) in [5.74, 6) is 0.717. The minimum atomic E-state index is -0.765. The van der Waals surface area contributed by atoms with Gasteiger partial charge in [0.1, 0.15) is 11.8 Å². The van der Waals surface area contributed by atoms with Gasteiger partial charge in [0.25, 0.3) is 0 Å². The summed E-state index contributed by atoms with van der Waals surface area (Å²) in [6.07, 6.45) is 1.51. The number of pyridine rings is 1. The van der Waals surface area contributed by atoms with Crippen molar-refractivity contribution in [3.8, 4) is 17.2 Å². The molecule has 2 heterocycles. The van der Waals surface area contributed by atoms with Crippen LogP contribution in [-0.4, -0.2) is 34.7 Å². The van der Waals surface area contributed by atoms with Gasteiger partial charge in [-0.2, -0.15) is 0 Å². The van der Waals surface area contributed by atoms with Crippen LogP contribution in [-0.2, 0) is 22.6 Å². The highest BCUT2D eigenvalue weighted by Gasteiger charge is 2.21. The van der Waals surface area contributed by atoms with Crippen LogP contribution < -0.4 is 20.1 Å². The fourth-order valence-corrected chi connectivity index (χ4v) is 2.56. The monoisotopic (exact) mass is 357 g/mol. The smallest absolute Gasteiger partial charge is 0.243 e. The van der Waals surface area contributed by atoms with Crippen LogP contribution in [0.4, 0.5) is 0 Å². The van der Waals surface area contributed by atoms with Gasteiger partial charge in [0, 0.05) is 25.6 Å². The zero-order valence-corrected chi connectivity index (χ0v) is 14.2. The number of ether oxygens (including phenoxy) is 2. The van der Waals surface area contributed by atoms with E-state index in [1.165, 1.54) is 19.2 Å². The van der Waals surface area contributed by atoms with Crippen molar-refractivity contribution in [2.45, 2.75) is 25.9 Å². The minimum Gasteiger partial charge on any atom is -0.506 e. The molecule has 3 N–H and O–H groups in total. The summed E-state index contributed by atoms with van der Waals surface area (Å²) in [5.41, 5.74) is 1.44. The Kier molecular flexibility index (Phi) is 5.21. The van der Waals surface area contributed by atoms with Crippen molar-refractivity contribution >= 4 is 11.8 Å². The number of aromatic nitrogens is 1. The molecule has 0 bridgehead atoms. The molecule has 2 amide bonds. The zero-order chi connectivity index (χ0) is 18.5. The van der Waals surface area contributed by atoms with Crippen LogP contribution in [0.3, 0.4) is 0 Å². The molecule has 136 valence electrons. The second kappa shape index (κ2) is 7.73. The van der Waals surface area contributed by atoms with Gasteiger partial charge < -0.3 is 25.2 Å². The quantitative estimate of drug-likeness (QED) is 0.708. The predicted octanol–water partition coefficient (Wildman–Crippen LogP) is 0.879. The molecule has 8 nitrogen and oxygen atoms in total. The van der Waals surface area contributed by atoms with Crippen LogP contribution in [0.5, 0.6) is 17.2 Å².